The van der Waals surface area contributed by atoms with Crippen LogP contribution in [0.15, 0.2) is 11.6 Å². The summed E-state index contributed by atoms with van der Waals surface area (Å²) < 4.78 is 5.30. The molecule has 0 aliphatic carbocycles. The van der Waals surface area contributed by atoms with E-state index in [2.05, 4.69) is 26.8 Å². The molecular weight excluding hydrogens is 276 g/mol. The van der Waals surface area contributed by atoms with E-state index < -0.39 is 0 Å². The lowest BCUT2D eigenvalue weighted by atomic mass is 10.0. The minimum Gasteiger partial charge on any atom is -0.466 e. The van der Waals surface area contributed by atoms with Gasteiger partial charge in [0.1, 0.15) is 0 Å². The smallest absolute Gasteiger partial charge is 0.306 e. The van der Waals surface area contributed by atoms with Gasteiger partial charge in [0.25, 0.3) is 0 Å². The Morgan fingerprint density at radius 3 is 2.23 bits per heavy atom. The van der Waals surface area contributed by atoms with E-state index in [9.17, 15) is 4.79 Å². The zero-order valence-electron chi connectivity index (χ0n) is 14.9. The standard InChI is InChI=1S/C19H36O3/c1-17(2)12-11-13-18(3)16-19(21)22-15-10-8-6-4-5-7-9-14-20/h12,18,20H,4-11,13-16H2,1-3H3. The van der Waals surface area contributed by atoms with Crippen molar-refractivity contribution in [2.45, 2.75) is 85.0 Å². The molecule has 1 atom stereocenters. The van der Waals surface area contributed by atoms with Crippen LogP contribution in [0.2, 0.25) is 0 Å². The summed E-state index contributed by atoms with van der Waals surface area (Å²) in [6.07, 6.45) is 12.6. The van der Waals surface area contributed by atoms with Crippen LogP contribution >= 0.6 is 0 Å². The summed E-state index contributed by atoms with van der Waals surface area (Å²) in [5.74, 6) is 0.349. The third kappa shape index (κ3) is 15.6. The molecule has 0 aliphatic rings. The molecule has 0 saturated carbocycles. The molecule has 3 nitrogen and oxygen atoms in total. The monoisotopic (exact) mass is 312 g/mol. The molecule has 0 saturated heterocycles. The molecule has 0 aliphatic heterocycles. The molecule has 1 N–H and O–H groups in total. The predicted molar refractivity (Wildman–Crippen MR) is 92.8 cm³/mol. The van der Waals surface area contributed by atoms with E-state index in [1.54, 1.807) is 0 Å². The number of carbonyl (C=O) groups excluding carboxylic acids is 1. The molecule has 0 bridgehead atoms. The van der Waals surface area contributed by atoms with Crippen molar-refractivity contribution in [2.24, 2.45) is 5.92 Å². The first-order valence-electron chi connectivity index (χ1n) is 8.96. The van der Waals surface area contributed by atoms with Crippen molar-refractivity contribution in [2.75, 3.05) is 13.2 Å². The molecule has 0 aromatic heterocycles. The van der Waals surface area contributed by atoms with Gasteiger partial charge in [0, 0.05) is 13.0 Å². The van der Waals surface area contributed by atoms with E-state index in [1.165, 1.54) is 24.8 Å². The van der Waals surface area contributed by atoms with Crippen LogP contribution in [0, 0.1) is 5.92 Å². The number of hydrogen-bond donors (Lipinski definition) is 1. The third-order valence-electron chi connectivity index (χ3n) is 3.79. The Kier molecular flexibility index (Phi) is 14.5. The van der Waals surface area contributed by atoms with Gasteiger partial charge in [-0.05, 0) is 45.4 Å². The van der Waals surface area contributed by atoms with Crippen molar-refractivity contribution in [1.29, 1.82) is 0 Å². The number of ether oxygens (including phenoxy) is 1. The maximum Gasteiger partial charge on any atom is 0.306 e. The number of carbonyl (C=O) groups is 1. The molecule has 0 spiro atoms. The van der Waals surface area contributed by atoms with Crippen LogP contribution in [0.25, 0.3) is 0 Å². The summed E-state index contributed by atoms with van der Waals surface area (Å²) in [5.41, 5.74) is 1.34. The second-order valence-electron chi connectivity index (χ2n) is 6.59. The third-order valence-corrected chi connectivity index (χ3v) is 3.79. The van der Waals surface area contributed by atoms with E-state index in [-0.39, 0.29) is 5.97 Å². The number of allylic oxidation sites excluding steroid dienone is 2. The average Bonchev–Trinajstić information content (AvgIpc) is 2.45. The Bertz CT molecular complexity index is 293. The second-order valence-corrected chi connectivity index (χ2v) is 6.59. The first-order chi connectivity index (χ1) is 10.6. The van der Waals surface area contributed by atoms with Crippen molar-refractivity contribution in [3.05, 3.63) is 11.6 Å². The van der Waals surface area contributed by atoms with E-state index in [0.29, 0.717) is 25.6 Å². The van der Waals surface area contributed by atoms with Crippen molar-refractivity contribution < 1.29 is 14.6 Å². The molecule has 0 aromatic rings. The highest BCUT2D eigenvalue weighted by molar-refractivity contribution is 5.69. The first kappa shape index (κ1) is 21.2. The van der Waals surface area contributed by atoms with Crippen LogP contribution in [0.4, 0.5) is 0 Å². The minimum atomic E-state index is -0.0485. The molecule has 0 rings (SSSR count). The zero-order chi connectivity index (χ0) is 16.6. The lowest BCUT2D eigenvalue weighted by molar-refractivity contribution is -0.144. The largest absolute Gasteiger partial charge is 0.466 e. The van der Waals surface area contributed by atoms with Crippen molar-refractivity contribution in [3.8, 4) is 0 Å². The van der Waals surface area contributed by atoms with E-state index >= 15 is 0 Å². The van der Waals surface area contributed by atoms with Gasteiger partial charge < -0.3 is 9.84 Å². The molecule has 0 radical (unpaired) electrons. The molecule has 0 aromatic carbocycles. The number of rotatable bonds is 14. The Labute approximate surface area is 137 Å². The molecule has 0 amide bonds. The van der Waals surface area contributed by atoms with Gasteiger partial charge in [-0.25, -0.2) is 0 Å². The van der Waals surface area contributed by atoms with Crippen molar-refractivity contribution in [1.82, 2.24) is 0 Å². The maximum atomic E-state index is 11.7. The highest BCUT2D eigenvalue weighted by atomic mass is 16.5. The van der Waals surface area contributed by atoms with Gasteiger partial charge in [0.15, 0.2) is 0 Å². The molecular formula is C19H36O3. The number of hydrogen-bond acceptors (Lipinski definition) is 3. The number of esters is 1. The number of unbranched alkanes of at least 4 members (excludes halogenated alkanes) is 6. The molecule has 1 unspecified atom stereocenters. The first-order valence-corrected chi connectivity index (χ1v) is 8.96. The summed E-state index contributed by atoms with van der Waals surface area (Å²) in [6, 6.07) is 0. The minimum absolute atomic E-state index is 0.0485. The van der Waals surface area contributed by atoms with Crippen LogP contribution in [0.3, 0.4) is 0 Å². The van der Waals surface area contributed by atoms with Crippen molar-refractivity contribution in [3.63, 3.8) is 0 Å². The second kappa shape index (κ2) is 15.1. The van der Waals surface area contributed by atoms with Crippen LogP contribution in [-0.4, -0.2) is 24.3 Å². The topological polar surface area (TPSA) is 46.5 Å². The van der Waals surface area contributed by atoms with Gasteiger partial charge in [-0.3, -0.25) is 4.79 Å². The van der Waals surface area contributed by atoms with Crippen LogP contribution in [0.1, 0.15) is 85.0 Å². The fourth-order valence-electron chi connectivity index (χ4n) is 2.39. The van der Waals surface area contributed by atoms with Gasteiger partial charge in [0.05, 0.1) is 6.61 Å². The zero-order valence-corrected chi connectivity index (χ0v) is 14.9. The lowest BCUT2D eigenvalue weighted by Crippen LogP contribution is -2.10. The molecule has 0 heterocycles. The van der Waals surface area contributed by atoms with Gasteiger partial charge in [-0.2, -0.15) is 0 Å². The van der Waals surface area contributed by atoms with Gasteiger partial charge in [0.2, 0.25) is 0 Å². The Morgan fingerprint density at radius 1 is 1.05 bits per heavy atom. The molecule has 0 fully saturated rings. The summed E-state index contributed by atoms with van der Waals surface area (Å²) in [4.78, 5) is 11.7. The highest BCUT2D eigenvalue weighted by Crippen LogP contribution is 2.13. The van der Waals surface area contributed by atoms with Crippen LogP contribution < -0.4 is 0 Å². The highest BCUT2D eigenvalue weighted by Gasteiger charge is 2.09. The van der Waals surface area contributed by atoms with E-state index in [0.717, 1.165) is 38.5 Å². The Balaban J connectivity index is 3.40. The summed E-state index contributed by atoms with van der Waals surface area (Å²) in [5, 5.41) is 8.67. The summed E-state index contributed by atoms with van der Waals surface area (Å²) in [7, 11) is 0. The molecule has 22 heavy (non-hydrogen) atoms. The fourth-order valence-corrected chi connectivity index (χ4v) is 2.39. The SMILES string of the molecule is CC(C)=CCCC(C)CC(=O)OCCCCCCCCCO. The number of aliphatic hydroxyl groups excluding tert-OH is 1. The van der Waals surface area contributed by atoms with Gasteiger partial charge in [-0.15, -0.1) is 0 Å². The van der Waals surface area contributed by atoms with E-state index in [4.69, 9.17) is 9.84 Å². The Morgan fingerprint density at radius 2 is 1.64 bits per heavy atom. The molecule has 130 valence electrons. The summed E-state index contributed by atoms with van der Waals surface area (Å²) >= 11 is 0. The summed E-state index contributed by atoms with van der Waals surface area (Å²) in [6.45, 7) is 7.20. The predicted octanol–water partition coefficient (Wildman–Crippen LogP) is 5.03. The van der Waals surface area contributed by atoms with Gasteiger partial charge >= 0.3 is 5.97 Å². The molecule has 3 heteroatoms. The quantitative estimate of drug-likeness (QED) is 0.278. The average molecular weight is 312 g/mol. The van der Waals surface area contributed by atoms with Gasteiger partial charge in [-0.1, -0.05) is 50.7 Å². The lowest BCUT2D eigenvalue weighted by Gasteiger charge is -2.10. The van der Waals surface area contributed by atoms with Crippen LogP contribution in [-0.2, 0) is 9.53 Å². The van der Waals surface area contributed by atoms with Crippen molar-refractivity contribution >= 4 is 5.97 Å². The normalized spacial score (nSPS) is 12.0. The van der Waals surface area contributed by atoms with Crippen LogP contribution in [0.5, 0.6) is 0 Å². The Hall–Kier alpha value is -0.830. The number of aliphatic hydroxyl groups is 1. The maximum absolute atomic E-state index is 11.7. The van der Waals surface area contributed by atoms with E-state index in [1.807, 2.05) is 0 Å². The fraction of sp³-hybridized carbons (Fsp3) is 0.842.